The minimum absolute atomic E-state index is 0.538. The van der Waals surface area contributed by atoms with Crippen LogP contribution >= 0.6 is 12.0 Å². The zero-order valence-corrected chi connectivity index (χ0v) is 8.80. The van der Waals surface area contributed by atoms with Gasteiger partial charge in [0.15, 0.2) is 5.16 Å². The quantitative estimate of drug-likeness (QED) is 0.633. The minimum Gasteiger partial charge on any atom is -0.400 e. The Morgan fingerprint density at radius 1 is 1.36 bits per heavy atom. The molecule has 2 rings (SSSR count). The van der Waals surface area contributed by atoms with Crippen LogP contribution in [0, 0.1) is 6.92 Å². The van der Waals surface area contributed by atoms with Gasteiger partial charge in [-0.25, -0.2) is 4.98 Å². The lowest BCUT2D eigenvalue weighted by atomic mass is 10.2. The van der Waals surface area contributed by atoms with E-state index in [2.05, 4.69) is 9.97 Å². The van der Waals surface area contributed by atoms with Gasteiger partial charge in [-0.15, -0.1) is 0 Å². The maximum Gasteiger partial charge on any atom is 0.193 e. The number of aromatic amines is 1. The molecule has 2 aromatic rings. The van der Waals surface area contributed by atoms with Crippen LogP contribution in [0.15, 0.2) is 23.4 Å². The third-order valence-corrected chi connectivity index (χ3v) is 2.07. The molecule has 0 bridgehead atoms. The number of rotatable bonds is 1. The van der Waals surface area contributed by atoms with E-state index in [9.17, 15) is 0 Å². The highest BCUT2D eigenvalue weighted by Gasteiger charge is 2.01. The molecule has 3 N–H and O–H groups in total. The molecule has 0 spiro atoms. The monoisotopic (exact) mass is 212 g/mol. The molecule has 0 aliphatic rings. The van der Waals surface area contributed by atoms with Gasteiger partial charge in [-0.1, -0.05) is 6.07 Å². The number of hydrogen-bond donors (Lipinski definition) is 3. The second-order valence-electron chi connectivity index (χ2n) is 2.65. The van der Waals surface area contributed by atoms with Gasteiger partial charge in [0.1, 0.15) is 0 Å². The first-order valence-corrected chi connectivity index (χ1v) is 4.79. The van der Waals surface area contributed by atoms with E-state index < -0.39 is 0 Å². The van der Waals surface area contributed by atoms with Crippen molar-refractivity contribution >= 4 is 23.1 Å². The molecular formula is C9H12N2O2S. The topological polar surface area (TPSA) is 69.1 Å². The van der Waals surface area contributed by atoms with E-state index in [1.807, 2.05) is 25.1 Å². The molecule has 14 heavy (non-hydrogen) atoms. The van der Waals surface area contributed by atoms with Crippen LogP contribution in [-0.4, -0.2) is 26.7 Å². The standard InChI is InChI=1S/C8H8N2OS.CH4O/c1-5-2-3-6-7(4-5)10-8(9-6)12-11;1-2/h2-4,11H,1H3,(H,9,10);2H,1H3. The number of benzene rings is 1. The molecule has 1 heterocycles. The Bertz CT molecular complexity index is 414. The Morgan fingerprint density at radius 2 is 2.07 bits per heavy atom. The number of aliphatic hydroxyl groups is 1. The van der Waals surface area contributed by atoms with Crippen LogP contribution in [0.3, 0.4) is 0 Å². The summed E-state index contributed by atoms with van der Waals surface area (Å²) < 4.78 is 8.73. The fourth-order valence-electron chi connectivity index (χ4n) is 1.14. The number of hydrogen-bond acceptors (Lipinski definition) is 4. The molecule has 1 aromatic heterocycles. The lowest BCUT2D eigenvalue weighted by molar-refractivity contribution is 0.399. The Labute approximate surface area is 86.2 Å². The summed E-state index contributed by atoms with van der Waals surface area (Å²) in [5, 5.41) is 7.54. The number of imidazole rings is 1. The van der Waals surface area contributed by atoms with Crippen molar-refractivity contribution in [3.8, 4) is 0 Å². The average molecular weight is 212 g/mol. The van der Waals surface area contributed by atoms with E-state index >= 15 is 0 Å². The zero-order chi connectivity index (χ0) is 10.6. The lowest BCUT2D eigenvalue weighted by Crippen LogP contribution is -1.71. The molecule has 4 nitrogen and oxygen atoms in total. The minimum atomic E-state index is 0.538. The maximum atomic E-state index is 8.73. The van der Waals surface area contributed by atoms with Crippen molar-refractivity contribution in [3.63, 3.8) is 0 Å². The van der Waals surface area contributed by atoms with E-state index in [0.29, 0.717) is 17.2 Å². The van der Waals surface area contributed by atoms with Gasteiger partial charge in [-0.3, -0.25) is 0 Å². The average Bonchev–Trinajstić information content (AvgIpc) is 2.62. The SMILES string of the molecule is CO.Cc1ccc2nc(SO)[nH]c2c1. The molecule has 0 aliphatic carbocycles. The van der Waals surface area contributed by atoms with Crippen LogP contribution in [0.25, 0.3) is 11.0 Å². The van der Waals surface area contributed by atoms with Crippen molar-refractivity contribution in [2.24, 2.45) is 0 Å². The summed E-state index contributed by atoms with van der Waals surface area (Å²) in [7, 11) is 1.00. The largest absolute Gasteiger partial charge is 0.400 e. The van der Waals surface area contributed by atoms with Crippen LogP contribution in [-0.2, 0) is 0 Å². The second-order valence-corrected chi connectivity index (χ2v) is 3.22. The number of aromatic nitrogens is 2. The Hall–Kier alpha value is -1.04. The van der Waals surface area contributed by atoms with Crippen LogP contribution in [0.2, 0.25) is 0 Å². The van der Waals surface area contributed by atoms with Gasteiger partial charge in [-0.2, -0.15) is 0 Å². The highest BCUT2D eigenvalue weighted by Crippen LogP contribution is 2.17. The molecule has 0 unspecified atom stereocenters. The van der Waals surface area contributed by atoms with Crippen molar-refractivity contribution < 1.29 is 9.66 Å². The van der Waals surface area contributed by atoms with Gasteiger partial charge < -0.3 is 14.6 Å². The lowest BCUT2D eigenvalue weighted by Gasteiger charge is -1.89. The highest BCUT2D eigenvalue weighted by molar-refractivity contribution is 7.93. The second kappa shape index (κ2) is 4.99. The number of H-pyrrole nitrogens is 1. The Kier molecular flexibility index (Phi) is 3.94. The van der Waals surface area contributed by atoms with Crippen LogP contribution in [0.1, 0.15) is 5.56 Å². The summed E-state index contributed by atoms with van der Waals surface area (Å²) in [5.74, 6) is 0. The molecule has 0 saturated heterocycles. The highest BCUT2D eigenvalue weighted by atomic mass is 32.2. The number of nitrogens with zero attached hydrogens (tertiary/aromatic N) is 1. The molecule has 76 valence electrons. The van der Waals surface area contributed by atoms with E-state index in [-0.39, 0.29) is 0 Å². The Balaban J connectivity index is 0.000000461. The van der Waals surface area contributed by atoms with Gasteiger partial charge >= 0.3 is 0 Å². The van der Waals surface area contributed by atoms with Crippen LogP contribution < -0.4 is 0 Å². The van der Waals surface area contributed by atoms with Gasteiger partial charge in [0.2, 0.25) is 0 Å². The predicted octanol–water partition coefficient (Wildman–Crippen LogP) is 2.04. The van der Waals surface area contributed by atoms with Gasteiger partial charge in [0.25, 0.3) is 0 Å². The number of aryl methyl sites for hydroxylation is 1. The van der Waals surface area contributed by atoms with Crippen molar-refractivity contribution in [2.45, 2.75) is 12.1 Å². The third kappa shape index (κ3) is 2.25. The third-order valence-electron chi connectivity index (χ3n) is 1.70. The zero-order valence-electron chi connectivity index (χ0n) is 7.98. The first-order chi connectivity index (χ1) is 6.79. The molecule has 0 fully saturated rings. The first-order valence-electron chi connectivity index (χ1n) is 4.02. The van der Waals surface area contributed by atoms with Gasteiger partial charge in [0.05, 0.1) is 23.1 Å². The number of aliphatic hydroxyl groups excluding tert-OH is 1. The predicted molar refractivity (Wildman–Crippen MR) is 57.5 cm³/mol. The van der Waals surface area contributed by atoms with Crippen molar-refractivity contribution in [3.05, 3.63) is 23.8 Å². The normalized spacial score (nSPS) is 9.71. The fraction of sp³-hybridized carbons (Fsp3) is 0.222. The van der Waals surface area contributed by atoms with Crippen molar-refractivity contribution in [1.29, 1.82) is 0 Å². The summed E-state index contributed by atoms with van der Waals surface area (Å²) in [6.45, 7) is 2.02. The van der Waals surface area contributed by atoms with E-state index in [1.165, 1.54) is 5.56 Å². The molecule has 1 aromatic carbocycles. The molecule has 0 aliphatic heterocycles. The molecule has 5 heteroatoms. The van der Waals surface area contributed by atoms with Crippen LogP contribution in [0.5, 0.6) is 0 Å². The van der Waals surface area contributed by atoms with Crippen molar-refractivity contribution in [2.75, 3.05) is 7.11 Å². The summed E-state index contributed by atoms with van der Waals surface area (Å²) in [4.78, 5) is 7.12. The van der Waals surface area contributed by atoms with E-state index in [1.54, 1.807) is 0 Å². The molecular weight excluding hydrogens is 200 g/mol. The number of fused-ring (bicyclic) bond motifs is 1. The van der Waals surface area contributed by atoms with E-state index in [0.717, 1.165) is 18.1 Å². The van der Waals surface area contributed by atoms with Crippen LogP contribution in [0.4, 0.5) is 0 Å². The van der Waals surface area contributed by atoms with E-state index in [4.69, 9.17) is 9.66 Å². The smallest absolute Gasteiger partial charge is 0.193 e. The molecule has 0 radical (unpaired) electrons. The van der Waals surface area contributed by atoms with Gasteiger partial charge in [0, 0.05) is 7.11 Å². The molecule has 0 atom stereocenters. The Morgan fingerprint density at radius 3 is 2.71 bits per heavy atom. The maximum absolute atomic E-state index is 8.73. The molecule has 0 saturated carbocycles. The summed E-state index contributed by atoms with van der Waals surface area (Å²) in [6.07, 6.45) is 0. The van der Waals surface area contributed by atoms with Gasteiger partial charge in [-0.05, 0) is 24.6 Å². The summed E-state index contributed by atoms with van der Waals surface area (Å²) in [5.41, 5.74) is 3.03. The number of nitrogens with one attached hydrogen (secondary N) is 1. The first kappa shape index (κ1) is 11.0. The summed E-state index contributed by atoms with van der Waals surface area (Å²) >= 11 is 0.634. The summed E-state index contributed by atoms with van der Waals surface area (Å²) in [6, 6.07) is 5.93. The van der Waals surface area contributed by atoms with Crippen molar-refractivity contribution in [1.82, 2.24) is 9.97 Å². The fourth-order valence-corrected chi connectivity index (χ4v) is 1.44. The molecule has 0 amide bonds.